The number of rotatable bonds is 5. The molecular weight excluding hydrogens is 462 g/mol. The maximum atomic E-state index is 12.7. The number of aromatic nitrogens is 7. The van der Waals surface area contributed by atoms with Gasteiger partial charge >= 0.3 is 0 Å². The van der Waals surface area contributed by atoms with E-state index in [1.165, 1.54) is 17.8 Å². The van der Waals surface area contributed by atoms with Crippen LogP contribution in [-0.4, -0.2) is 75.2 Å². The zero-order chi connectivity index (χ0) is 25.0. The number of hydrogen-bond acceptors (Lipinski definition) is 9. The third-order valence-electron chi connectivity index (χ3n) is 7.32. The van der Waals surface area contributed by atoms with Crippen molar-refractivity contribution in [1.82, 2.24) is 39.7 Å². The number of nitrogens with two attached hydrogens (primary N) is 1. The fraction of sp³-hybridized carbons (Fsp3) is 0.375. The third kappa shape index (κ3) is 3.44. The summed E-state index contributed by atoms with van der Waals surface area (Å²) in [5.74, 6) is 0.297. The highest BCUT2D eigenvalue weighted by atomic mass is 16.3. The number of carbonyl (C=O) groups excluding carboxylic acids is 2. The van der Waals surface area contributed by atoms with Crippen molar-refractivity contribution in [3.05, 3.63) is 42.1 Å². The van der Waals surface area contributed by atoms with Crippen molar-refractivity contribution in [2.75, 3.05) is 12.3 Å². The predicted molar refractivity (Wildman–Crippen MR) is 129 cm³/mol. The standard InChI is InChI=1S/C24H25N9O3/c1-12(35)20-21(14-6-15-3-4-16(7-14)32(15)19(36)10-34)30-24-17(9-29-33(24)22(20)25)13-2-5-18(26-8-13)23-27-11-28-31-23/h2,5,8-9,11,14-16,34H,3-4,6-7,10,25H2,1H3,(H,27,28,31)/t14-,15-,16+. The lowest BCUT2D eigenvalue weighted by molar-refractivity contribution is -0.138. The molecule has 3 atom stereocenters. The molecule has 6 rings (SSSR count). The number of anilines is 1. The molecule has 4 aromatic rings. The third-order valence-corrected chi connectivity index (χ3v) is 7.32. The molecule has 2 bridgehead atoms. The molecule has 4 N–H and O–H groups in total. The largest absolute Gasteiger partial charge is 0.387 e. The van der Waals surface area contributed by atoms with E-state index in [1.54, 1.807) is 12.4 Å². The van der Waals surface area contributed by atoms with E-state index in [0.29, 0.717) is 41.3 Å². The van der Waals surface area contributed by atoms with Gasteiger partial charge in [0.05, 0.1) is 17.5 Å². The van der Waals surface area contributed by atoms with Crippen LogP contribution >= 0.6 is 0 Å². The van der Waals surface area contributed by atoms with E-state index in [0.717, 1.165) is 24.0 Å². The molecule has 2 saturated heterocycles. The van der Waals surface area contributed by atoms with E-state index in [-0.39, 0.29) is 35.5 Å². The van der Waals surface area contributed by atoms with Crippen molar-refractivity contribution in [3.8, 4) is 22.6 Å². The van der Waals surface area contributed by atoms with Gasteiger partial charge < -0.3 is 15.7 Å². The van der Waals surface area contributed by atoms with Gasteiger partial charge in [-0.25, -0.2) is 9.97 Å². The number of nitrogens with one attached hydrogen (secondary N) is 1. The van der Waals surface area contributed by atoms with Crippen molar-refractivity contribution >= 4 is 23.2 Å². The second-order valence-corrected chi connectivity index (χ2v) is 9.37. The number of Topliss-reactive ketones (excluding diaryl/α,β-unsaturated/α-hetero) is 1. The van der Waals surface area contributed by atoms with Crippen LogP contribution in [0.15, 0.2) is 30.9 Å². The highest BCUT2D eigenvalue weighted by Gasteiger charge is 2.44. The molecule has 2 aliphatic rings. The molecule has 0 aromatic carbocycles. The topological polar surface area (TPSA) is 168 Å². The van der Waals surface area contributed by atoms with E-state index in [2.05, 4.69) is 25.3 Å². The van der Waals surface area contributed by atoms with Gasteiger partial charge in [-0.2, -0.15) is 14.7 Å². The van der Waals surface area contributed by atoms with E-state index in [9.17, 15) is 14.7 Å². The molecule has 12 heteroatoms. The minimum atomic E-state index is -0.490. The lowest BCUT2D eigenvalue weighted by Crippen LogP contribution is -2.47. The number of nitrogen functional groups attached to an aromatic ring is 1. The average Bonchev–Trinajstić information content (AvgIpc) is 3.62. The number of carbonyl (C=O) groups is 2. The van der Waals surface area contributed by atoms with Crippen LogP contribution in [0.25, 0.3) is 28.3 Å². The average molecular weight is 488 g/mol. The van der Waals surface area contributed by atoms with E-state index in [4.69, 9.17) is 10.7 Å². The number of piperidine rings is 1. The molecule has 12 nitrogen and oxygen atoms in total. The molecule has 36 heavy (non-hydrogen) atoms. The smallest absolute Gasteiger partial charge is 0.248 e. The molecule has 2 fully saturated rings. The van der Waals surface area contributed by atoms with Crippen molar-refractivity contribution in [3.63, 3.8) is 0 Å². The Morgan fingerprint density at radius 2 is 1.94 bits per heavy atom. The Labute approximate surface area is 205 Å². The first kappa shape index (κ1) is 22.3. The van der Waals surface area contributed by atoms with Gasteiger partial charge in [0, 0.05) is 35.3 Å². The number of H-pyrrole nitrogens is 1. The molecule has 6 heterocycles. The molecule has 0 saturated carbocycles. The Morgan fingerprint density at radius 1 is 1.17 bits per heavy atom. The fourth-order valence-electron chi connectivity index (χ4n) is 5.80. The monoisotopic (exact) mass is 487 g/mol. The number of fused-ring (bicyclic) bond motifs is 3. The number of aromatic amines is 1. The summed E-state index contributed by atoms with van der Waals surface area (Å²) in [6.45, 7) is 0.994. The zero-order valence-electron chi connectivity index (χ0n) is 19.6. The molecule has 0 radical (unpaired) electrons. The highest BCUT2D eigenvalue weighted by Crippen LogP contribution is 2.44. The summed E-state index contributed by atoms with van der Waals surface area (Å²) < 4.78 is 1.50. The first-order valence-corrected chi connectivity index (χ1v) is 11.9. The Morgan fingerprint density at radius 3 is 2.56 bits per heavy atom. The number of amides is 1. The normalized spacial score (nSPS) is 21.3. The van der Waals surface area contributed by atoms with E-state index in [1.807, 2.05) is 17.0 Å². The number of pyridine rings is 1. The van der Waals surface area contributed by atoms with Gasteiger partial charge in [-0.3, -0.25) is 19.7 Å². The molecule has 0 spiro atoms. The summed E-state index contributed by atoms with van der Waals surface area (Å²) in [4.78, 5) is 40.4. The van der Waals surface area contributed by atoms with Crippen molar-refractivity contribution in [2.45, 2.75) is 50.6 Å². The number of nitrogens with zero attached hydrogens (tertiary/aromatic N) is 7. The molecule has 4 aromatic heterocycles. The summed E-state index contributed by atoms with van der Waals surface area (Å²) >= 11 is 0. The lowest BCUT2D eigenvalue weighted by Gasteiger charge is -2.39. The van der Waals surface area contributed by atoms with Gasteiger partial charge in [0.15, 0.2) is 17.3 Å². The maximum absolute atomic E-state index is 12.7. The minimum Gasteiger partial charge on any atom is -0.387 e. The highest BCUT2D eigenvalue weighted by molar-refractivity contribution is 6.00. The van der Waals surface area contributed by atoms with Crippen molar-refractivity contribution in [1.29, 1.82) is 0 Å². The number of aliphatic hydroxyl groups is 1. The van der Waals surface area contributed by atoms with Gasteiger partial charge in [0.1, 0.15) is 24.4 Å². The van der Waals surface area contributed by atoms with Gasteiger partial charge in [0.25, 0.3) is 0 Å². The summed E-state index contributed by atoms with van der Waals surface area (Å²) in [5, 5.41) is 20.6. The van der Waals surface area contributed by atoms with Gasteiger partial charge in [-0.15, -0.1) is 0 Å². The van der Waals surface area contributed by atoms with Gasteiger partial charge in [0.2, 0.25) is 5.91 Å². The molecule has 0 aliphatic carbocycles. The van der Waals surface area contributed by atoms with E-state index >= 15 is 0 Å². The van der Waals surface area contributed by atoms with Crippen molar-refractivity contribution < 1.29 is 14.7 Å². The van der Waals surface area contributed by atoms with Crippen LogP contribution in [0.2, 0.25) is 0 Å². The van der Waals surface area contributed by atoms with Crippen LogP contribution in [0.4, 0.5) is 5.82 Å². The SMILES string of the molecule is CC(=O)c1c([C@@H]2C[C@H]3CC[C@@H](C2)N3C(=O)CO)nc2c(-c3ccc(-c4nc[nH]n4)nc3)cnn2c1N. The first-order chi connectivity index (χ1) is 17.5. The summed E-state index contributed by atoms with van der Waals surface area (Å²) in [6, 6.07) is 3.75. The van der Waals surface area contributed by atoms with Gasteiger partial charge in [-0.1, -0.05) is 6.07 Å². The molecule has 1 amide bonds. The van der Waals surface area contributed by atoms with Crippen molar-refractivity contribution in [2.24, 2.45) is 0 Å². The Balaban J connectivity index is 1.42. The van der Waals surface area contributed by atoms with Crippen LogP contribution in [0.3, 0.4) is 0 Å². The summed E-state index contributed by atoms with van der Waals surface area (Å²) in [5.41, 5.74) is 10.2. The molecular formula is C24H25N9O3. The number of hydrogen-bond donors (Lipinski definition) is 3. The maximum Gasteiger partial charge on any atom is 0.248 e. The number of ketones is 1. The molecule has 0 unspecified atom stereocenters. The van der Waals surface area contributed by atoms with E-state index < -0.39 is 6.61 Å². The second-order valence-electron chi connectivity index (χ2n) is 9.37. The van der Waals surface area contributed by atoms with Crippen LogP contribution < -0.4 is 5.73 Å². The van der Waals surface area contributed by atoms with Crippen LogP contribution in [0, 0.1) is 0 Å². The Hall–Kier alpha value is -4.19. The van der Waals surface area contributed by atoms with Gasteiger partial charge in [-0.05, 0) is 38.7 Å². The lowest BCUT2D eigenvalue weighted by atomic mass is 9.85. The Kier molecular flexibility index (Phi) is 5.25. The van der Waals surface area contributed by atoms with Crippen LogP contribution in [-0.2, 0) is 4.79 Å². The van der Waals surface area contributed by atoms with Crippen LogP contribution in [0.1, 0.15) is 54.6 Å². The first-order valence-electron chi connectivity index (χ1n) is 11.9. The number of aliphatic hydroxyl groups excluding tert-OH is 1. The molecule has 184 valence electrons. The minimum absolute atomic E-state index is 0.0178. The molecule has 2 aliphatic heterocycles. The summed E-state index contributed by atoms with van der Waals surface area (Å²) in [6.07, 6.45) is 7.96. The fourth-order valence-corrected chi connectivity index (χ4v) is 5.80. The predicted octanol–water partition coefficient (Wildman–Crippen LogP) is 1.59. The Bertz CT molecular complexity index is 1450. The van der Waals surface area contributed by atoms with Crippen LogP contribution in [0.5, 0.6) is 0 Å². The summed E-state index contributed by atoms with van der Waals surface area (Å²) in [7, 11) is 0. The zero-order valence-corrected chi connectivity index (χ0v) is 19.6. The quantitative estimate of drug-likeness (QED) is 0.354. The second kappa shape index (κ2) is 8.48.